The van der Waals surface area contributed by atoms with E-state index in [2.05, 4.69) is 10.2 Å². The SMILES string of the molecule is Cc1cc(C(F)(F)F)cc(O)c1-c1ccc(COC2CCOCC2)nn1. The van der Waals surface area contributed by atoms with Crippen molar-refractivity contribution in [3.63, 3.8) is 0 Å². The van der Waals surface area contributed by atoms with Gasteiger partial charge in [-0.2, -0.15) is 23.4 Å². The smallest absolute Gasteiger partial charge is 0.416 e. The third-order valence-electron chi connectivity index (χ3n) is 4.25. The summed E-state index contributed by atoms with van der Waals surface area (Å²) in [5.41, 5.74) is 0.541. The number of halogens is 3. The van der Waals surface area contributed by atoms with E-state index in [1.807, 2.05) is 0 Å². The first kappa shape index (κ1) is 18.6. The summed E-state index contributed by atoms with van der Waals surface area (Å²) in [6.45, 7) is 3.16. The van der Waals surface area contributed by atoms with E-state index >= 15 is 0 Å². The molecule has 0 amide bonds. The van der Waals surface area contributed by atoms with E-state index in [0.717, 1.165) is 18.9 Å². The lowest BCUT2D eigenvalue weighted by Gasteiger charge is -2.22. The number of benzene rings is 1. The minimum atomic E-state index is -4.52. The number of hydrogen-bond donors (Lipinski definition) is 1. The Hall–Kier alpha value is -2.19. The highest BCUT2D eigenvalue weighted by Crippen LogP contribution is 2.38. The van der Waals surface area contributed by atoms with Crippen molar-refractivity contribution in [2.45, 2.75) is 38.7 Å². The van der Waals surface area contributed by atoms with E-state index in [4.69, 9.17) is 9.47 Å². The summed E-state index contributed by atoms with van der Waals surface area (Å²) >= 11 is 0. The van der Waals surface area contributed by atoms with Crippen LogP contribution in [-0.4, -0.2) is 34.6 Å². The highest BCUT2D eigenvalue weighted by molar-refractivity contribution is 5.71. The first-order valence-electron chi connectivity index (χ1n) is 8.27. The van der Waals surface area contributed by atoms with E-state index in [1.165, 1.54) is 6.92 Å². The number of phenols is 1. The fraction of sp³-hybridized carbons (Fsp3) is 0.444. The van der Waals surface area contributed by atoms with Crippen molar-refractivity contribution in [1.82, 2.24) is 10.2 Å². The Balaban J connectivity index is 1.74. The zero-order valence-corrected chi connectivity index (χ0v) is 14.2. The average molecular weight is 368 g/mol. The Morgan fingerprint density at radius 2 is 1.92 bits per heavy atom. The Bertz CT molecular complexity index is 734. The number of nitrogens with zero attached hydrogens (tertiary/aromatic N) is 2. The minimum absolute atomic E-state index is 0.131. The van der Waals surface area contributed by atoms with Crippen LogP contribution in [0.15, 0.2) is 24.3 Å². The number of hydrogen-bond acceptors (Lipinski definition) is 5. The molecule has 2 aromatic rings. The van der Waals surface area contributed by atoms with Crippen LogP contribution in [0, 0.1) is 6.92 Å². The van der Waals surface area contributed by atoms with Gasteiger partial charge < -0.3 is 14.6 Å². The molecule has 1 saturated heterocycles. The summed E-state index contributed by atoms with van der Waals surface area (Å²) in [7, 11) is 0. The minimum Gasteiger partial charge on any atom is -0.507 e. The maximum absolute atomic E-state index is 12.8. The predicted molar refractivity (Wildman–Crippen MR) is 87.5 cm³/mol. The zero-order valence-electron chi connectivity index (χ0n) is 14.2. The second kappa shape index (κ2) is 7.59. The van der Waals surface area contributed by atoms with Crippen LogP contribution in [0.1, 0.15) is 29.7 Å². The molecule has 2 heterocycles. The number of rotatable bonds is 4. The standard InChI is InChI=1S/C18H19F3N2O3/c1-11-8-12(18(19,20)21)9-16(24)17(11)15-3-2-13(22-23-15)10-26-14-4-6-25-7-5-14/h2-3,8-9,14,24H,4-7,10H2,1H3. The summed E-state index contributed by atoms with van der Waals surface area (Å²) in [6.07, 6.45) is -2.71. The highest BCUT2D eigenvalue weighted by Gasteiger charge is 2.32. The van der Waals surface area contributed by atoms with Gasteiger partial charge in [-0.15, -0.1) is 0 Å². The number of ether oxygens (including phenoxy) is 2. The molecule has 0 radical (unpaired) electrons. The molecule has 8 heteroatoms. The largest absolute Gasteiger partial charge is 0.507 e. The lowest BCUT2D eigenvalue weighted by molar-refractivity contribution is -0.137. The lowest BCUT2D eigenvalue weighted by Crippen LogP contribution is -2.23. The van der Waals surface area contributed by atoms with Crippen molar-refractivity contribution >= 4 is 0 Å². The maximum Gasteiger partial charge on any atom is 0.416 e. The van der Waals surface area contributed by atoms with E-state index in [1.54, 1.807) is 12.1 Å². The quantitative estimate of drug-likeness (QED) is 0.888. The topological polar surface area (TPSA) is 64.5 Å². The van der Waals surface area contributed by atoms with E-state index < -0.39 is 17.5 Å². The summed E-state index contributed by atoms with van der Waals surface area (Å²) in [4.78, 5) is 0. The first-order chi connectivity index (χ1) is 12.3. The fourth-order valence-electron chi connectivity index (χ4n) is 2.88. The van der Waals surface area contributed by atoms with Crippen molar-refractivity contribution in [1.29, 1.82) is 0 Å². The molecule has 1 aromatic heterocycles. The van der Waals surface area contributed by atoms with Crippen LogP contribution in [0.2, 0.25) is 0 Å². The molecule has 0 spiro atoms. The van der Waals surface area contributed by atoms with Crippen LogP contribution in [0.5, 0.6) is 5.75 Å². The molecule has 26 heavy (non-hydrogen) atoms. The normalized spacial score (nSPS) is 16.0. The van der Waals surface area contributed by atoms with Gasteiger partial charge in [-0.05, 0) is 49.6 Å². The number of aryl methyl sites for hydroxylation is 1. The van der Waals surface area contributed by atoms with Crippen molar-refractivity contribution in [3.05, 3.63) is 41.1 Å². The van der Waals surface area contributed by atoms with Crippen LogP contribution in [-0.2, 0) is 22.3 Å². The van der Waals surface area contributed by atoms with Crippen molar-refractivity contribution in [2.75, 3.05) is 13.2 Å². The highest BCUT2D eigenvalue weighted by atomic mass is 19.4. The predicted octanol–water partition coefficient (Wildman–Crippen LogP) is 3.87. The lowest BCUT2D eigenvalue weighted by atomic mass is 10.0. The Morgan fingerprint density at radius 1 is 1.19 bits per heavy atom. The second-order valence-electron chi connectivity index (χ2n) is 6.22. The van der Waals surface area contributed by atoms with Gasteiger partial charge in [0.05, 0.1) is 29.7 Å². The van der Waals surface area contributed by atoms with E-state index in [0.29, 0.717) is 37.3 Å². The third kappa shape index (κ3) is 4.31. The summed E-state index contributed by atoms with van der Waals surface area (Å²) in [6, 6.07) is 4.99. The van der Waals surface area contributed by atoms with Crippen LogP contribution in [0.4, 0.5) is 13.2 Å². The van der Waals surface area contributed by atoms with Crippen molar-refractivity contribution in [2.24, 2.45) is 0 Å². The number of aromatic nitrogens is 2. The van der Waals surface area contributed by atoms with Crippen LogP contribution >= 0.6 is 0 Å². The molecule has 0 bridgehead atoms. The van der Waals surface area contributed by atoms with Crippen LogP contribution in [0.25, 0.3) is 11.3 Å². The van der Waals surface area contributed by atoms with Gasteiger partial charge in [0.2, 0.25) is 0 Å². The molecule has 0 atom stereocenters. The third-order valence-corrected chi connectivity index (χ3v) is 4.25. The molecular formula is C18H19F3N2O3. The van der Waals surface area contributed by atoms with Gasteiger partial charge in [-0.1, -0.05) is 0 Å². The number of alkyl halides is 3. The molecule has 1 aromatic carbocycles. The first-order valence-corrected chi connectivity index (χ1v) is 8.27. The van der Waals surface area contributed by atoms with E-state index in [9.17, 15) is 18.3 Å². The van der Waals surface area contributed by atoms with Gasteiger partial charge in [-0.3, -0.25) is 0 Å². The van der Waals surface area contributed by atoms with Gasteiger partial charge in [0.1, 0.15) is 5.75 Å². The monoisotopic (exact) mass is 368 g/mol. The Labute approximate surface area is 148 Å². The maximum atomic E-state index is 12.8. The van der Waals surface area contributed by atoms with Gasteiger partial charge in [0.15, 0.2) is 0 Å². The molecule has 1 aliphatic heterocycles. The number of aromatic hydroxyl groups is 1. The van der Waals surface area contributed by atoms with Crippen LogP contribution < -0.4 is 0 Å². The van der Waals surface area contributed by atoms with Gasteiger partial charge in [-0.25, -0.2) is 0 Å². The molecule has 1 aliphatic rings. The fourth-order valence-corrected chi connectivity index (χ4v) is 2.88. The summed E-state index contributed by atoms with van der Waals surface area (Å²) in [5.74, 6) is -0.474. The van der Waals surface area contributed by atoms with Gasteiger partial charge in [0, 0.05) is 18.8 Å². The Kier molecular flexibility index (Phi) is 5.43. The molecule has 5 nitrogen and oxygen atoms in total. The average Bonchev–Trinajstić information content (AvgIpc) is 2.60. The molecule has 140 valence electrons. The molecular weight excluding hydrogens is 349 g/mol. The molecule has 1 fully saturated rings. The zero-order chi connectivity index (χ0) is 18.7. The van der Waals surface area contributed by atoms with Crippen molar-refractivity contribution < 1.29 is 27.8 Å². The Morgan fingerprint density at radius 3 is 2.50 bits per heavy atom. The van der Waals surface area contributed by atoms with Crippen molar-refractivity contribution in [3.8, 4) is 17.0 Å². The number of phenolic OH excluding ortho intramolecular Hbond substituents is 1. The molecule has 1 N–H and O–H groups in total. The van der Waals surface area contributed by atoms with Gasteiger partial charge >= 0.3 is 6.18 Å². The molecule has 0 saturated carbocycles. The summed E-state index contributed by atoms with van der Waals surface area (Å²) < 4.78 is 49.5. The second-order valence-corrected chi connectivity index (χ2v) is 6.22. The van der Waals surface area contributed by atoms with Gasteiger partial charge in [0.25, 0.3) is 0 Å². The molecule has 3 rings (SSSR count). The van der Waals surface area contributed by atoms with E-state index in [-0.39, 0.29) is 17.2 Å². The van der Waals surface area contributed by atoms with Crippen LogP contribution in [0.3, 0.4) is 0 Å². The summed E-state index contributed by atoms with van der Waals surface area (Å²) in [5, 5.41) is 18.1. The molecule has 0 aliphatic carbocycles. The molecule has 0 unspecified atom stereocenters.